The maximum absolute atomic E-state index is 13.0. The van der Waals surface area contributed by atoms with Crippen LogP contribution in [-0.2, 0) is 28.9 Å². The average Bonchev–Trinajstić information content (AvgIpc) is 3.28. The zero-order valence-corrected chi connectivity index (χ0v) is 17.8. The molecule has 3 heterocycles. The minimum atomic E-state index is -0.483. The van der Waals surface area contributed by atoms with Crippen LogP contribution in [-0.4, -0.2) is 28.0 Å². The monoisotopic (exact) mass is 431 g/mol. The van der Waals surface area contributed by atoms with Gasteiger partial charge in [-0.3, -0.25) is 14.2 Å². The summed E-state index contributed by atoms with van der Waals surface area (Å²) < 4.78 is 6.33. The standard InChI is InChI=1S/C20H21N3O4S2/c1-3-27-20(26)13-6-7-28-17(13)22-15(24)9-23-10-21-18-16(19(23)25)12-5-4-11(2)8-14(12)29-18/h6-7,10-11H,3-5,8-9H2,1-2H3,(H,22,24)/t11-/m1/s1. The number of aromatic nitrogens is 2. The summed E-state index contributed by atoms with van der Waals surface area (Å²) in [6, 6.07) is 1.61. The predicted octanol–water partition coefficient (Wildman–Crippen LogP) is 3.46. The van der Waals surface area contributed by atoms with Crippen molar-refractivity contribution in [3.63, 3.8) is 0 Å². The van der Waals surface area contributed by atoms with Crippen molar-refractivity contribution in [2.75, 3.05) is 11.9 Å². The van der Waals surface area contributed by atoms with Gasteiger partial charge in [0.15, 0.2) is 0 Å². The van der Waals surface area contributed by atoms with Gasteiger partial charge in [0.05, 0.1) is 23.9 Å². The van der Waals surface area contributed by atoms with E-state index < -0.39 is 5.97 Å². The highest BCUT2D eigenvalue weighted by molar-refractivity contribution is 7.18. The molecule has 0 aliphatic heterocycles. The zero-order valence-electron chi connectivity index (χ0n) is 16.2. The third-order valence-electron chi connectivity index (χ3n) is 5.01. The molecule has 0 aromatic carbocycles. The van der Waals surface area contributed by atoms with Crippen LogP contribution in [0.3, 0.4) is 0 Å². The van der Waals surface area contributed by atoms with E-state index in [1.807, 2.05) is 0 Å². The average molecular weight is 432 g/mol. The van der Waals surface area contributed by atoms with E-state index in [9.17, 15) is 14.4 Å². The molecular formula is C20H21N3O4S2. The summed E-state index contributed by atoms with van der Waals surface area (Å²) in [4.78, 5) is 43.9. The van der Waals surface area contributed by atoms with Crippen molar-refractivity contribution < 1.29 is 14.3 Å². The number of fused-ring (bicyclic) bond motifs is 3. The molecule has 1 amide bonds. The molecule has 152 valence electrons. The smallest absolute Gasteiger partial charge is 0.341 e. The van der Waals surface area contributed by atoms with Crippen LogP contribution < -0.4 is 10.9 Å². The first-order valence-electron chi connectivity index (χ1n) is 9.52. The van der Waals surface area contributed by atoms with Crippen LogP contribution in [0.5, 0.6) is 0 Å². The van der Waals surface area contributed by atoms with Gasteiger partial charge in [-0.1, -0.05) is 6.92 Å². The molecule has 1 N–H and O–H groups in total. The van der Waals surface area contributed by atoms with Gasteiger partial charge in [-0.25, -0.2) is 9.78 Å². The van der Waals surface area contributed by atoms with Gasteiger partial charge in [-0.15, -0.1) is 22.7 Å². The maximum atomic E-state index is 13.0. The van der Waals surface area contributed by atoms with Gasteiger partial charge in [0.25, 0.3) is 5.56 Å². The summed E-state index contributed by atoms with van der Waals surface area (Å²) in [6.45, 7) is 4.04. The second kappa shape index (κ2) is 8.08. The topological polar surface area (TPSA) is 90.3 Å². The van der Waals surface area contributed by atoms with E-state index in [1.165, 1.54) is 27.1 Å². The first kappa shape index (κ1) is 19.8. The first-order valence-corrected chi connectivity index (χ1v) is 11.2. The van der Waals surface area contributed by atoms with Crippen LogP contribution in [0.1, 0.15) is 41.1 Å². The highest BCUT2D eigenvalue weighted by atomic mass is 32.1. The molecule has 7 nitrogen and oxygen atoms in total. The van der Waals surface area contributed by atoms with Gasteiger partial charge in [-0.05, 0) is 49.1 Å². The lowest BCUT2D eigenvalue weighted by molar-refractivity contribution is -0.116. The molecule has 9 heteroatoms. The van der Waals surface area contributed by atoms with E-state index in [-0.39, 0.29) is 24.6 Å². The van der Waals surface area contributed by atoms with E-state index in [2.05, 4.69) is 17.2 Å². The summed E-state index contributed by atoms with van der Waals surface area (Å²) in [7, 11) is 0. The lowest BCUT2D eigenvalue weighted by Crippen LogP contribution is -2.28. The quantitative estimate of drug-likeness (QED) is 0.625. The van der Waals surface area contributed by atoms with Crippen LogP contribution in [0.15, 0.2) is 22.6 Å². The molecule has 0 saturated carbocycles. The number of rotatable bonds is 5. The van der Waals surface area contributed by atoms with Crippen molar-refractivity contribution in [3.05, 3.63) is 44.1 Å². The van der Waals surface area contributed by atoms with Gasteiger partial charge in [0.1, 0.15) is 16.4 Å². The number of nitrogens with zero attached hydrogens (tertiary/aromatic N) is 2. The molecule has 0 unspecified atom stereocenters. The van der Waals surface area contributed by atoms with Crippen molar-refractivity contribution in [2.24, 2.45) is 5.92 Å². The van der Waals surface area contributed by atoms with Crippen molar-refractivity contribution >= 4 is 49.8 Å². The van der Waals surface area contributed by atoms with E-state index in [0.29, 0.717) is 21.9 Å². The van der Waals surface area contributed by atoms with E-state index >= 15 is 0 Å². The third kappa shape index (κ3) is 3.84. The Morgan fingerprint density at radius 2 is 2.24 bits per heavy atom. The Bertz CT molecular complexity index is 1140. The second-order valence-electron chi connectivity index (χ2n) is 7.14. The molecule has 29 heavy (non-hydrogen) atoms. The molecule has 1 atom stereocenters. The molecule has 3 aromatic rings. The number of ether oxygens (including phenoxy) is 1. The third-order valence-corrected chi connectivity index (χ3v) is 7.00. The van der Waals surface area contributed by atoms with Gasteiger partial charge in [-0.2, -0.15) is 0 Å². The number of anilines is 1. The molecule has 0 bridgehead atoms. The van der Waals surface area contributed by atoms with Gasteiger partial charge < -0.3 is 10.1 Å². The normalized spacial score (nSPS) is 15.9. The van der Waals surface area contributed by atoms with Gasteiger partial charge in [0, 0.05) is 4.88 Å². The first-order chi connectivity index (χ1) is 14.0. The molecule has 0 fully saturated rings. The van der Waals surface area contributed by atoms with Crippen LogP contribution in [0, 0.1) is 5.92 Å². The Morgan fingerprint density at radius 3 is 3.03 bits per heavy atom. The number of hydrogen-bond donors (Lipinski definition) is 1. The number of thiophene rings is 2. The second-order valence-corrected chi connectivity index (χ2v) is 9.14. The van der Waals surface area contributed by atoms with E-state index in [4.69, 9.17) is 4.74 Å². The molecule has 0 spiro atoms. The zero-order chi connectivity index (χ0) is 20.5. The summed E-state index contributed by atoms with van der Waals surface area (Å²) in [6.07, 6.45) is 4.34. The Kier molecular flexibility index (Phi) is 5.51. The summed E-state index contributed by atoms with van der Waals surface area (Å²) >= 11 is 2.82. The minimum absolute atomic E-state index is 0.164. The molecule has 1 aliphatic rings. The van der Waals surface area contributed by atoms with Crippen molar-refractivity contribution in [1.29, 1.82) is 0 Å². The van der Waals surface area contributed by atoms with E-state index in [0.717, 1.165) is 29.7 Å². The fraction of sp³-hybridized carbons (Fsp3) is 0.400. The lowest BCUT2D eigenvalue weighted by atomic mass is 9.89. The Balaban J connectivity index is 1.57. The predicted molar refractivity (Wildman–Crippen MR) is 114 cm³/mol. The number of amides is 1. The van der Waals surface area contributed by atoms with Crippen molar-refractivity contribution in [3.8, 4) is 0 Å². The number of hydrogen-bond acceptors (Lipinski definition) is 7. The van der Waals surface area contributed by atoms with Crippen molar-refractivity contribution in [2.45, 2.75) is 39.7 Å². The number of esters is 1. The number of aryl methyl sites for hydroxylation is 1. The Hall–Kier alpha value is -2.52. The summed E-state index contributed by atoms with van der Waals surface area (Å²) in [5, 5.41) is 5.48. The highest BCUT2D eigenvalue weighted by Gasteiger charge is 2.23. The molecule has 1 aliphatic carbocycles. The maximum Gasteiger partial charge on any atom is 0.341 e. The largest absolute Gasteiger partial charge is 0.462 e. The fourth-order valence-corrected chi connectivity index (χ4v) is 5.71. The van der Waals surface area contributed by atoms with Crippen LogP contribution in [0.25, 0.3) is 10.2 Å². The Labute approximate surface area is 175 Å². The van der Waals surface area contributed by atoms with Gasteiger partial charge in [0.2, 0.25) is 5.91 Å². The Morgan fingerprint density at radius 1 is 1.41 bits per heavy atom. The van der Waals surface area contributed by atoms with Crippen LogP contribution in [0.2, 0.25) is 0 Å². The lowest BCUT2D eigenvalue weighted by Gasteiger charge is -2.17. The van der Waals surface area contributed by atoms with Crippen molar-refractivity contribution in [1.82, 2.24) is 9.55 Å². The highest BCUT2D eigenvalue weighted by Crippen LogP contribution is 2.35. The number of nitrogens with one attached hydrogen (secondary N) is 1. The summed E-state index contributed by atoms with van der Waals surface area (Å²) in [5.74, 6) is -0.259. The number of carbonyl (C=O) groups is 2. The molecule has 0 radical (unpaired) electrons. The van der Waals surface area contributed by atoms with Crippen LogP contribution >= 0.6 is 22.7 Å². The fourth-order valence-electron chi connectivity index (χ4n) is 3.58. The molecule has 3 aromatic heterocycles. The molecule has 4 rings (SSSR count). The SMILES string of the molecule is CCOC(=O)c1ccsc1NC(=O)Cn1cnc2sc3c(c2c1=O)CC[C@@H](C)C3. The number of carbonyl (C=O) groups excluding carboxylic acids is 2. The summed E-state index contributed by atoms with van der Waals surface area (Å²) in [5.41, 5.74) is 1.22. The minimum Gasteiger partial charge on any atom is -0.462 e. The van der Waals surface area contributed by atoms with E-state index in [1.54, 1.807) is 29.7 Å². The van der Waals surface area contributed by atoms with Gasteiger partial charge >= 0.3 is 5.97 Å². The molecule has 0 saturated heterocycles. The molecular weight excluding hydrogens is 410 g/mol. The van der Waals surface area contributed by atoms with Crippen LogP contribution in [0.4, 0.5) is 5.00 Å².